The summed E-state index contributed by atoms with van der Waals surface area (Å²) in [7, 11) is 1.52. The number of benzene rings is 2. The quantitative estimate of drug-likeness (QED) is 0.582. The second-order valence-electron chi connectivity index (χ2n) is 4.63. The van der Waals surface area contributed by atoms with Crippen LogP contribution < -0.4 is 15.8 Å². The van der Waals surface area contributed by atoms with Gasteiger partial charge in [-0.2, -0.15) is 0 Å². The third-order valence-corrected chi connectivity index (χ3v) is 3.15. The smallest absolute Gasteiger partial charge is 0.224 e. The van der Waals surface area contributed by atoms with Crippen molar-refractivity contribution in [1.82, 2.24) is 0 Å². The van der Waals surface area contributed by atoms with Crippen LogP contribution in [-0.2, 0) is 11.2 Å². The van der Waals surface area contributed by atoms with Gasteiger partial charge in [0.2, 0.25) is 5.91 Å². The molecule has 0 spiro atoms. The summed E-state index contributed by atoms with van der Waals surface area (Å²) in [6.45, 7) is 0. The normalized spacial score (nSPS) is 10.1. The van der Waals surface area contributed by atoms with Crippen LogP contribution in [0.5, 0.6) is 11.5 Å². The van der Waals surface area contributed by atoms with Crippen LogP contribution >= 0.6 is 0 Å². The first-order valence-electron chi connectivity index (χ1n) is 6.60. The van der Waals surface area contributed by atoms with Crippen LogP contribution in [0.2, 0.25) is 0 Å². The Balaban J connectivity index is 1.97. The molecule has 21 heavy (non-hydrogen) atoms. The van der Waals surface area contributed by atoms with Crippen LogP contribution in [0.4, 0.5) is 11.4 Å². The summed E-state index contributed by atoms with van der Waals surface area (Å²) in [6, 6.07) is 12.1. The average Bonchev–Trinajstić information content (AvgIpc) is 2.48. The van der Waals surface area contributed by atoms with E-state index < -0.39 is 0 Å². The second-order valence-corrected chi connectivity index (χ2v) is 4.63. The number of carbonyl (C=O) groups is 1. The first kappa shape index (κ1) is 14.7. The lowest BCUT2D eigenvalue weighted by atomic mass is 10.1. The van der Waals surface area contributed by atoms with Gasteiger partial charge in [0, 0.05) is 18.2 Å². The fraction of sp³-hybridized carbons (Fsp3) is 0.188. The lowest BCUT2D eigenvalue weighted by molar-refractivity contribution is -0.116. The van der Waals surface area contributed by atoms with Crippen molar-refractivity contribution in [2.24, 2.45) is 0 Å². The Labute approximate surface area is 123 Å². The van der Waals surface area contributed by atoms with Gasteiger partial charge in [-0.25, -0.2) is 0 Å². The molecule has 2 aromatic carbocycles. The van der Waals surface area contributed by atoms with Crippen molar-refractivity contribution in [3.8, 4) is 11.5 Å². The number of nitrogens with one attached hydrogen (secondary N) is 1. The second kappa shape index (κ2) is 6.65. The molecule has 5 nitrogen and oxygen atoms in total. The Kier molecular flexibility index (Phi) is 4.66. The number of nitrogen functional groups attached to an aromatic ring is 1. The van der Waals surface area contributed by atoms with Crippen LogP contribution in [-0.4, -0.2) is 18.1 Å². The molecule has 0 bridgehead atoms. The number of nitrogens with two attached hydrogens (primary N) is 1. The first-order valence-corrected chi connectivity index (χ1v) is 6.60. The van der Waals surface area contributed by atoms with E-state index in [-0.39, 0.29) is 18.1 Å². The summed E-state index contributed by atoms with van der Waals surface area (Å²) in [5.74, 6) is 0.376. The third kappa shape index (κ3) is 3.89. The fourth-order valence-electron chi connectivity index (χ4n) is 1.97. The van der Waals surface area contributed by atoms with E-state index in [9.17, 15) is 9.90 Å². The number of hydrogen-bond donors (Lipinski definition) is 3. The Morgan fingerprint density at radius 1 is 1.29 bits per heavy atom. The molecule has 4 N–H and O–H groups in total. The molecule has 0 saturated carbocycles. The number of ether oxygens (including phenoxy) is 1. The van der Waals surface area contributed by atoms with Crippen LogP contribution in [0.15, 0.2) is 42.5 Å². The summed E-state index contributed by atoms with van der Waals surface area (Å²) in [5, 5.41) is 12.4. The molecular formula is C16H18N2O3. The van der Waals surface area contributed by atoms with Crippen molar-refractivity contribution in [2.75, 3.05) is 18.2 Å². The lowest BCUT2D eigenvalue weighted by Gasteiger charge is -2.09. The van der Waals surface area contributed by atoms with Crippen LogP contribution in [0, 0.1) is 0 Å². The molecule has 5 heteroatoms. The minimum atomic E-state index is -0.193. The molecule has 2 rings (SSSR count). The molecule has 0 atom stereocenters. The van der Waals surface area contributed by atoms with Crippen molar-refractivity contribution in [1.29, 1.82) is 0 Å². The fourth-order valence-corrected chi connectivity index (χ4v) is 1.97. The molecule has 0 fully saturated rings. The molecule has 1 amide bonds. The van der Waals surface area contributed by atoms with Crippen molar-refractivity contribution in [3.05, 3.63) is 48.0 Å². The Morgan fingerprint density at radius 3 is 2.76 bits per heavy atom. The molecule has 0 aliphatic heterocycles. The Hall–Kier alpha value is -2.69. The lowest BCUT2D eigenvalue weighted by Crippen LogP contribution is -2.13. The average molecular weight is 286 g/mol. The molecule has 0 saturated heterocycles. The maximum Gasteiger partial charge on any atom is 0.224 e. The third-order valence-electron chi connectivity index (χ3n) is 3.15. The number of anilines is 2. The van der Waals surface area contributed by atoms with Crippen LogP contribution in [0.25, 0.3) is 0 Å². The highest BCUT2D eigenvalue weighted by Crippen LogP contribution is 2.28. The summed E-state index contributed by atoms with van der Waals surface area (Å²) in [4.78, 5) is 11.9. The highest BCUT2D eigenvalue weighted by molar-refractivity contribution is 5.92. The summed E-state index contributed by atoms with van der Waals surface area (Å²) < 4.78 is 5.06. The number of methoxy groups -OCH3 is 1. The van der Waals surface area contributed by atoms with Gasteiger partial charge in [-0.3, -0.25) is 4.79 Å². The summed E-state index contributed by atoms with van der Waals surface area (Å²) >= 11 is 0. The van der Waals surface area contributed by atoms with Crippen molar-refractivity contribution < 1.29 is 14.6 Å². The molecule has 0 heterocycles. The molecule has 110 valence electrons. The number of para-hydroxylation sites is 1. The number of carbonyl (C=O) groups excluding carboxylic acids is 1. The maximum atomic E-state index is 11.9. The van der Waals surface area contributed by atoms with E-state index in [0.717, 1.165) is 5.56 Å². The first-order chi connectivity index (χ1) is 10.1. The van der Waals surface area contributed by atoms with Gasteiger partial charge in [0.1, 0.15) is 11.5 Å². The number of rotatable bonds is 5. The largest absolute Gasteiger partial charge is 0.506 e. The number of hydrogen-bond acceptors (Lipinski definition) is 4. The van der Waals surface area contributed by atoms with E-state index >= 15 is 0 Å². The molecule has 0 aliphatic carbocycles. The van der Waals surface area contributed by atoms with Crippen molar-refractivity contribution in [3.63, 3.8) is 0 Å². The summed E-state index contributed by atoms with van der Waals surface area (Å²) in [5.41, 5.74) is 7.78. The van der Waals surface area contributed by atoms with Crippen LogP contribution in [0.3, 0.4) is 0 Å². The van der Waals surface area contributed by atoms with Gasteiger partial charge in [-0.05, 0) is 30.2 Å². The standard InChI is InChI=1S/C16H18N2O3/c1-21-12-7-8-15(19)14(10-12)18-16(20)9-6-11-4-2-3-5-13(11)17/h2-5,7-8,10,19H,6,9,17H2,1H3,(H,18,20). The number of phenolic OH excluding ortho intramolecular Hbond substituents is 1. The van der Waals surface area contributed by atoms with Gasteiger partial charge >= 0.3 is 0 Å². The maximum absolute atomic E-state index is 11.9. The van der Waals surface area contributed by atoms with Gasteiger partial charge in [0.05, 0.1) is 12.8 Å². The van der Waals surface area contributed by atoms with E-state index in [4.69, 9.17) is 10.5 Å². The minimum Gasteiger partial charge on any atom is -0.506 e. The zero-order chi connectivity index (χ0) is 15.2. The molecular weight excluding hydrogens is 268 g/mol. The van der Waals surface area contributed by atoms with Gasteiger partial charge < -0.3 is 20.9 Å². The topological polar surface area (TPSA) is 84.6 Å². The van der Waals surface area contributed by atoms with Crippen molar-refractivity contribution in [2.45, 2.75) is 12.8 Å². The number of amides is 1. The van der Waals surface area contributed by atoms with Gasteiger partial charge in [-0.1, -0.05) is 18.2 Å². The molecule has 0 aromatic heterocycles. The van der Waals surface area contributed by atoms with Gasteiger partial charge in [-0.15, -0.1) is 0 Å². The van der Waals surface area contributed by atoms with E-state index in [1.54, 1.807) is 18.2 Å². The highest BCUT2D eigenvalue weighted by atomic mass is 16.5. The summed E-state index contributed by atoms with van der Waals surface area (Å²) in [6.07, 6.45) is 0.827. The zero-order valence-electron chi connectivity index (χ0n) is 11.8. The molecule has 0 radical (unpaired) electrons. The molecule has 0 aliphatic rings. The number of aryl methyl sites for hydroxylation is 1. The van der Waals surface area contributed by atoms with Crippen molar-refractivity contribution >= 4 is 17.3 Å². The van der Waals surface area contributed by atoms with E-state index in [1.165, 1.54) is 13.2 Å². The minimum absolute atomic E-state index is 0.00312. The van der Waals surface area contributed by atoms with E-state index in [1.807, 2.05) is 18.2 Å². The van der Waals surface area contributed by atoms with E-state index in [0.29, 0.717) is 23.5 Å². The van der Waals surface area contributed by atoms with E-state index in [2.05, 4.69) is 5.32 Å². The SMILES string of the molecule is COc1ccc(O)c(NC(=O)CCc2ccccc2N)c1. The Bertz CT molecular complexity index is 641. The van der Waals surface area contributed by atoms with Crippen LogP contribution in [0.1, 0.15) is 12.0 Å². The van der Waals surface area contributed by atoms with Gasteiger partial charge in [0.15, 0.2) is 0 Å². The predicted molar refractivity (Wildman–Crippen MR) is 82.5 cm³/mol. The monoisotopic (exact) mass is 286 g/mol. The Morgan fingerprint density at radius 2 is 2.05 bits per heavy atom. The van der Waals surface area contributed by atoms with Gasteiger partial charge in [0.25, 0.3) is 0 Å². The number of aromatic hydroxyl groups is 1. The number of phenols is 1. The predicted octanol–water partition coefficient (Wildman–Crippen LogP) is 2.55. The highest BCUT2D eigenvalue weighted by Gasteiger charge is 2.09. The zero-order valence-corrected chi connectivity index (χ0v) is 11.8. The molecule has 2 aromatic rings. The molecule has 0 unspecified atom stereocenters.